The monoisotopic (exact) mass is 448 g/mol. The van der Waals surface area contributed by atoms with Crippen LogP contribution in [0.2, 0.25) is 5.02 Å². The molecule has 0 spiro atoms. The molecule has 160 valence electrons. The molecule has 1 aliphatic rings. The Morgan fingerprint density at radius 2 is 1.56 bits per heavy atom. The van der Waals surface area contributed by atoms with Gasteiger partial charge < -0.3 is 24.5 Å². The number of hydrogen-bond donors (Lipinski definition) is 2. The van der Waals surface area contributed by atoms with E-state index in [-0.39, 0.29) is 17.0 Å². The molecule has 4 aromatic rings. The van der Waals surface area contributed by atoms with Crippen LogP contribution in [0.5, 0.6) is 11.5 Å². The zero-order valence-electron chi connectivity index (χ0n) is 16.7. The van der Waals surface area contributed by atoms with Crippen molar-refractivity contribution in [2.24, 2.45) is 0 Å². The van der Waals surface area contributed by atoms with Crippen LogP contribution in [0.25, 0.3) is 11.0 Å². The second kappa shape index (κ2) is 8.28. The van der Waals surface area contributed by atoms with Gasteiger partial charge in [-0.25, -0.2) is 0 Å². The molecule has 2 N–H and O–H groups in total. The maximum absolute atomic E-state index is 13.1. The number of furan rings is 1. The van der Waals surface area contributed by atoms with E-state index in [4.69, 9.17) is 25.5 Å². The first-order chi connectivity index (χ1) is 15.6. The Bertz CT molecular complexity index is 1350. The van der Waals surface area contributed by atoms with E-state index >= 15 is 0 Å². The summed E-state index contributed by atoms with van der Waals surface area (Å²) in [4.78, 5) is 26.0. The highest BCUT2D eigenvalue weighted by Gasteiger charge is 2.24. The molecule has 2 amide bonds. The summed E-state index contributed by atoms with van der Waals surface area (Å²) in [5.74, 6) is 0.168. The molecular formula is C24H17ClN2O5. The number of para-hydroxylation sites is 1. The van der Waals surface area contributed by atoms with Crippen molar-refractivity contribution in [3.8, 4) is 11.5 Å². The maximum Gasteiger partial charge on any atom is 0.293 e. The highest BCUT2D eigenvalue weighted by molar-refractivity contribution is 6.34. The highest BCUT2D eigenvalue weighted by Crippen LogP contribution is 2.35. The van der Waals surface area contributed by atoms with Crippen LogP contribution in [0.1, 0.15) is 20.9 Å². The molecule has 0 atom stereocenters. The van der Waals surface area contributed by atoms with Crippen LogP contribution in [0.15, 0.2) is 71.1 Å². The first-order valence-electron chi connectivity index (χ1n) is 9.88. The lowest BCUT2D eigenvalue weighted by Crippen LogP contribution is -2.18. The number of amides is 2. The van der Waals surface area contributed by atoms with Gasteiger partial charge in [-0.2, -0.15) is 0 Å². The predicted molar refractivity (Wildman–Crippen MR) is 121 cm³/mol. The Balaban J connectivity index is 1.48. The molecular weight excluding hydrogens is 432 g/mol. The van der Waals surface area contributed by atoms with E-state index < -0.39 is 11.8 Å². The molecule has 3 aromatic carbocycles. The number of nitrogens with one attached hydrogen (secondary N) is 2. The molecule has 0 bridgehead atoms. The van der Waals surface area contributed by atoms with Crippen molar-refractivity contribution in [2.45, 2.75) is 0 Å². The lowest BCUT2D eigenvalue weighted by molar-refractivity contribution is 0.0999. The summed E-state index contributed by atoms with van der Waals surface area (Å²) in [6.45, 7) is 0.915. The Labute approximate surface area is 187 Å². The minimum atomic E-state index is -0.521. The SMILES string of the molecule is O=C(Nc1c(C(=O)Nc2ccc3c(c2)OCCO3)oc2ccccc12)c1ccccc1Cl. The number of carbonyl (C=O) groups excluding carboxylic acids is 2. The number of hydrogen-bond acceptors (Lipinski definition) is 5. The van der Waals surface area contributed by atoms with Gasteiger partial charge >= 0.3 is 0 Å². The number of carbonyl (C=O) groups is 2. The van der Waals surface area contributed by atoms with E-state index in [9.17, 15) is 9.59 Å². The molecule has 1 aliphatic heterocycles. The number of rotatable bonds is 4. The van der Waals surface area contributed by atoms with Gasteiger partial charge in [0.1, 0.15) is 24.5 Å². The second-order valence-corrected chi connectivity index (χ2v) is 7.46. The first-order valence-corrected chi connectivity index (χ1v) is 10.3. The van der Waals surface area contributed by atoms with Crippen LogP contribution in [0.4, 0.5) is 11.4 Å². The van der Waals surface area contributed by atoms with Crippen molar-refractivity contribution in [1.29, 1.82) is 0 Å². The summed E-state index contributed by atoms with van der Waals surface area (Å²) < 4.78 is 16.9. The topological polar surface area (TPSA) is 89.8 Å². The Morgan fingerprint density at radius 3 is 2.41 bits per heavy atom. The molecule has 0 radical (unpaired) electrons. The fourth-order valence-corrected chi connectivity index (χ4v) is 3.69. The molecule has 0 aliphatic carbocycles. The number of halogens is 1. The Kier molecular flexibility index (Phi) is 5.17. The van der Waals surface area contributed by atoms with Crippen LogP contribution >= 0.6 is 11.6 Å². The average Bonchev–Trinajstić information content (AvgIpc) is 3.18. The predicted octanol–water partition coefficient (Wildman–Crippen LogP) is 5.36. The first kappa shape index (κ1) is 20.0. The Morgan fingerprint density at radius 1 is 0.812 bits per heavy atom. The molecule has 0 unspecified atom stereocenters. The third kappa shape index (κ3) is 3.74. The number of ether oxygens (including phenoxy) is 2. The van der Waals surface area contributed by atoms with Gasteiger partial charge in [0.15, 0.2) is 11.5 Å². The minimum Gasteiger partial charge on any atom is -0.486 e. The zero-order valence-corrected chi connectivity index (χ0v) is 17.4. The number of anilines is 2. The van der Waals surface area contributed by atoms with Gasteiger partial charge in [-0.15, -0.1) is 0 Å². The van der Waals surface area contributed by atoms with Crippen molar-refractivity contribution in [2.75, 3.05) is 23.8 Å². The summed E-state index contributed by atoms with van der Waals surface area (Å²) in [5, 5.41) is 6.48. The van der Waals surface area contributed by atoms with E-state index in [1.165, 1.54) is 0 Å². The Hall–Kier alpha value is -3.97. The van der Waals surface area contributed by atoms with E-state index in [0.29, 0.717) is 46.4 Å². The average molecular weight is 449 g/mol. The van der Waals surface area contributed by atoms with Gasteiger partial charge in [0.05, 0.1) is 10.6 Å². The van der Waals surface area contributed by atoms with Crippen LogP contribution in [-0.2, 0) is 0 Å². The van der Waals surface area contributed by atoms with Gasteiger partial charge in [-0.3, -0.25) is 9.59 Å². The standard InChI is InChI=1S/C24H17ClN2O5/c25-17-7-3-1-5-15(17)23(28)27-21-16-6-2-4-8-18(16)32-22(21)24(29)26-14-9-10-19-20(13-14)31-12-11-30-19/h1-10,13H,11-12H2,(H,26,29)(H,27,28). The van der Waals surface area contributed by atoms with Crippen LogP contribution in [0.3, 0.4) is 0 Å². The smallest absolute Gasteiger partial charge is 0.293 e. The van der Waals surface area contributed by atoms with Crippen molar-refractivity contribution in [3.63, 3.8) is 0 Å². The third-order valence-electron chi connectivity index (χ3n) is 4.96. The summed E-state index contributed by atoms with van der Waals surface area (Å²) in [6, 6.07) is 18.9. The maximum atomic E-state index is 13.1. The quantitative estimate of drug-likeness (QED) is 0.438. The van der Waals surface area contributed by atoms with Gasteiger partial charge in [0.2, 0.25) is 5.76 Å². The normalized spacial score (nSPS) is 12.4. The van der Waals surface area contributed by atoms with Crippen LogP contribution < -0.4 is 20.1 Å². The van der Waals surface area contributed by atoms with Crippen LogP contribution in [0, 0.1) is 0 Å². The van der Waals surface area contributed by atoms with Crippen LogP contribution in [-0.4, -0.2) is 25.0 Å². The minimum absolute atomic E-state index is 0.0264. The van der Waals surface area contributed by atoms with E-state index in [1.54, 1.807) is 66.7 Å². The summed E-state index contributed by atoms with van der Waals surface area (Å²) in [7, 11) is 0. The summed E-state index contributed by atoms with van der Waals surface area (Å²) in [6.07, 6.45) is 0. The largest absolute Gasteiger partial charge is 0.486 e. The molecule has 0 saturated carbocycles. The van der Waals surface area contributed by atoms with E-state index in [2.05, 4.69) is 10.6 Å². The van der Waals surface area contributed by atoms with Gasteiger partial charge in [-0.05, 0) is 36.4 Å². The highest BCUT2D eigenvalue weighted by atomic mass is 35.5. The number of fused-ring (bicyclic) bond motifs is 2. The van der Waals surface area contributed by atoms with Gasteiger partial charge in [0, 0.05) is 17.1 Å². The molecule has 0 saturated heterocycles. The fraction of sp³-hybridized carbons (Fsp3) is 0.0833. The van der Waals surface area contributed by atoms with E-state index in [1.807, 2.05) is 0 Å². The van der Waals surface area contributed by atoms with E-state index in [0.717, 1.165) is 0 Å². The van der Waals surface area contributed by atoms with Crippen molar-refractivity contribution >= 4 is 45.8 Å². The lowest BCUT2D eigenvalue weighted by atomic mass is 10.1. The molecule has 0 fully saturated rings. The van der Waals surface area contributed by atoms with Gasteiger partial charge in [0.25, 0.3) is 11.8 Å². The van der Waals surface area contributed by atoms with Crippen molar-refractivity contribution < 1.29 is 23.5 Å². The van der Waals surface area contributed by atoms with Crippen molar-refractivity contribution in [3.05, 3.63) is 83.1 Å². The molecule has 32 heavy (non-hydrogen) atoms. The fourth-order valence-electron chi connectivity index (χ4n) is 3.46. The second-order valence-electron chi connectivity index (χ2n) is 7.05. The molecule has 1 aromatic heterocycles. The molecule has 7 nitrogen and oxygen atoms in total. The van der Waals surface area contributed by atoms with Gasteiger partial charge in [-0.1, -0.05) is 35.9 Å². The number of benzene rings is 3. The lowest BCUT2D eigenvalue weighted by Gasteiger charge is -2.18. The molecule has 5 rings (SSSR count). The summed E-state index contributed by atoms with van der Waals surface area (Å²) in [5.41, 5.74) is 1.52. The summed E-state index contributed by atoms with van der Waals surface area (Å²) >= 11 is 6.16. The third-order valence-corrected chi connectivity index (χ3v) is 5.29. The molecule has 8 heteroatoms. The molecule has 2 heterocycles. The zero-order chi connectivity index (χ0) is 22.1. The van der Waals surface area contributed by atoms with Crippen molar-refractivity contribution in [1.82, 2.24) is 0 Å².